The van der Waals surface area contributed by atoms with E-state index < -0.39 is 0 Å². The van der Waals surface area contributed by atoms with Crippen LogP contribution in [0.1, 0.15) is 10.4 Å². The number of aromatic nitrogens is 3. The molecule has 0 spiro atoms. The van der Waals surface area contributed by atoms with Gasteiger partial charge in [-0.2, -0.15) is 0 Å². The molecular formula is C21H15N5O2S. The zero-order chi connectivity index (χ0) is 19.8. The third-order valence-corrected chi connectivity index (χ3v) is 5.65. The smallest absolute Gasteiger partial charge is 0.255 e. The highest BCUT2D eigenvalue weighted by Crippen LogP contribution is 2.32. The molecule has 0 radical (unpaired) electrons. The van der Waals surface area contributed by atoms with Crippen molar-refractivity contribution in [2.24, 2.45) is 0 Å². The first-order chi connectivity index (χ1) is 14.2. The largest absolute Gasteiger partial charge is 0.324 e. The summed E-state index contributed by atoms with van der Waals surface area (Å²) in [6.07, 6.45) is 3.34. The van der Waals surface area contributed by atoms with Crippen molar-refractivity contribution in [2.45, 2.75) is 4.90 Å². The number of amides is 2. The van der Waals surface area contributed by atoms with E-state index in [2.05, 4.69) is 20.6 Å². The van der Waals surface area contributed by atoms with Crippen LogP contribution in [0.2, 0.25) is 0 Å². The first-order valence-corrected chi connectivity index (χ1v) is 9.92. The third-order valence-electron chi connectivity index (χ3n) is 4.58. The number of fused-ring (bicyclic) bond motifs is 2. The molecule has 29 heavy (non-hydrogen) atoms. The quantitative estimate of drug-likeness (QED) is 0.546. The molecule has 2 aromatic carbocycles. The average molecular weight is 401 g/mol. The summed E-state index contributed by atoms with van der Waals surface area (Å²) < 4.78 is 1.89. The summed E-state index contributed by atoms with van der Waals surface area (Å²) in [5.74, 6) is 0.778. The zero-order valence-electron chi connectivity index (χ0n) is 15.1. The highest BCUT2D eigenvalue weighted by atomic mass is 32.2. The number of thioether (sulfide) groups is 1. The van der Waals surface area contributed by atoms with Crippen LogP contribution in [0.4, 0.5) is 11.4 Å². The summed E-state index contributed by atoms with van der Waals surface area (Å²) in [6, 6.07) is 16.7. The van der Waals surface area contributed by atoms with Crippen molar-refractivity contribution >= 4 is 46.0 Å². The summed E-state index contributed by atoms with van der Waals surface area (Å²) in [7, 11) is 0. The van der Waals surface area contributed by atoms with Crippen LogP contribution in [0.5, 0.6) is 0 Å². The van der Waals surface area contributed by atoms with Gasteiger partial charge < -0.3 is 10.6 Å². The van der Waals surface area contributed by atoms with Crippen LogP contribution in [0.15, 0.2) is 72.0 Å². The van der Waals surface area contributed by atoms with Crippen molar-refractivity contribution < 1.29 is 9.59 Å². The van der Waals surface area contributed by atoms with Gasteiger partial charge in [-0.15, -0.1) is 11.8 Å². The number of nitrogens with zero attached hydrogens (tertiary/aromatic N) is 3. The van der Waals surface area contributed by atoms with Crippen molar-refractivity contribution in [1.82, 2.24) is 14.5 Å². The van der Waals surface area contributed by atoms with Gasteiger partial charge in [0.2, 0.25) is 5.91 Å². The number of carbonyl (C=O) groups excluding carboxylic acids is 2. The monoisotopic (exact) mass is 401 g/mol. The lowest BCUT2D eigenvalue weighted by molar-refractivity contribution is -0.113. The second-order valence-corrected chi connectivity index (χ2v) is 7.53. The molecule has 1 aliphatic heterocycles. The van der Waals surface area contributed by atoms with E-state index >= 15 is 0 Å². The molecule has 0 aliphatic carbocycles. The number of rotatable bonds is 3. The molecule has 0 atom stereocenters. The Balaban J connectivity index is 1.35. The van der Waals surface area contributed by atoms with Crippen LogP contribution in [-0.4, -0.2) is 32.1 Å². The van der Waals surface area contributed by atoms with Crippen LogP contribution in [-0.2, 0) is 4.79 Å². The normalized spacial score (nSPS) is 13.0. The Hall–Kier alpha value is -3.65. The minimum absolute atomic E-state index is 0.0631. The highest BCUT2D eigenvalue weighted by Gasteiger charge is 2.17. The van der Waals surface area contributed by atoms with Gasteiger partial charge in [-0.1, -0.05) is 12.1 Å². The van der Waals surface area contributed by atoms with Crippen LogP contribution < -0.4 is 10.6 Å². The number of benzene rings is 2. The molecule has 3 heterocycles. The van der Waals surface area contributed by atoms with Crippen LogP contribution in [0, 0.1) is 0 Å². The molecule has 2 aromatic heterocycles. The summed E-state index contributed by atoms with van der Waals surface area (Å²) >= 11 is 1.46. The van der Waals surface area contributed by atoms with E-state index in [1.165, 1.54) is 11.8 Å². The summed E-state index contributed by atoms with van der Waals surface area (Å²) in [4.78, 5) is 33.9. The number of imidazole rings is 1. The van der Waals surface area contributed by atoms with Crippen LogP contribution in [0.3, 0.4) is 0 Å². The lowest BCUT2D eigenvalue weighted by Crippen LogP contribution is -2.20. The Bertz CT molecular complexity index is 1250. The van der Waals surface area contributed by atoms with Gasteiger partial charge in [-0.25, -0.2) is 9.97 Å². The first kappa shape index (κ1) is 17.4. The summed E-state index contributed by atoms with van der Waals surface area (Å²) in [5, 5.41) is 5.64. The maximum atomic E-state index is 12.6. The van der Waals surface area contributed by atoms with Gasteiger partial charge in [0.1, 0.15) is 12.1 Å². The Morgan fingerprint density at radius 1 is 1.10 bits per heavy atom. The Morgan fingerprint density at radius 3 is 2.86 bits per heavy atom. The average Bonchev–Trinajstić information content (AvgIpc) is 3.18. The van der Waals surface area contributed by atoms with Crippen molar-refractivity contribution in [1.29, 1.82) is 0 Å². The fourth-order valence-corrected chi connectivity index (χ4v) is 3.96. The number of hydrogen-bond acceptors (Lipinski definition) is 5. The van der Waals surface area contributed by atoms with Crippen molar-refractivity contribution in [3.63, 3.8) is 0 Å². The van der Waals surface area contributed by atoms with E-state index in [9.17, 15) is 9.59 Å². The fraction of sp³-hybridized carbons (Fsp3) is 0.0476. The fourth-order valence-electron chi connectivity index (χ4n) is 3.17. The number of para-hydroxylation sites is 2. The van der Waals surface area contributed by atoms with Crippen LogP contribution >= 0.6 is 11.8 Å². The molecule has 4 aromatic rings. The van der Waals surface area contributed by atoms with Gasteiger partial charge >= 0.3 is 0 Å². The molecule has 0 saturated heterocycles. The minimum atomic E-state index is -0.264. The minimum Gasteiger partial charge on any atom is -0.324 e. The topological polar surface area (TPSA) is 88.9 Å². The number of nitrogens with one attached hydrogen (secondary N) is 2. The van der Waals surface area contributed by atoms with Crippen LogP contribution in [0.25, 0.3) is 16.9 Å². The molecule has 0 bridgehead atoms. The van der Waals surface area contributed by atoms with E-state index in [0.717, 1.165) is 15.9 Å². The molecule has 2 N–H and O–H groups in total. The Labute approximate surface area is 170 Å². The standard InChI is InChI=1S/C21H15N5O2S/c27-20-11-29-18-7-5-13(9-16(18)25-20)21(28)24-14-6-8-19(22-10-14)26-12-23-15-3-1-2-4-17(15)26/h1-10,12H,11H2,(H,24,28)(H,25,27). The molecule has 0 unspecified atom stereocenters. The van der Waals surface area contributed by atoms with E-state index in [1.54, 1.807) is 30.7 Å². The van der Waals surface area contributed by atoms with E-state index in [4.69, 9.17) is 0 Å². The second-order valence-electron chi connectivity index (χ2n) is 6.51. The molecular weight excluding hydrogens is 386 g/mol. The van der Waals surface area contributed by atoms with E-state index in [0.29, 0.717) is 28.5 Å². The van der Waals surface area contributed by atoms with E-state index in [-0.39, 0.29) is 11.8 Å². The highest BCUT2D eigenvalue weighted by molar-refractivity contribution is 8.00. The molecule has 142 valence electrons. The Morgan fingerprint density at radius 2 is 2.00 bits per heavy atom. The zero-order valence-corrected chi connectivity index (χ0v) is 15.9. The third kappa shape index (κ3) is 3.34. The molecule has 8 heteroatoms. The van der Waals surface area contributed by atoms with Gasteiger partial charge in [0.25, 0.3) is 5.91 Å². The Kier molecular flexibility index (Phi) is 4.25. The van der Waals surface area contributed by atoms with Gasteiger partial charge in [0.15, 0.2) is 0 Å². The van der Waals surface area contributed by atoms with Gasteiger partial charge in [0, 0.05) is 10.5 Å². The predicted octanol–water partition coefficient (Wildman–Crippen LogP) is 3.72. The maximum absolute atomic E-state index is 12.6. The number of hydrogen-bond donors (Lipinski definition) is 2. The molecule has 0 fully saturated rings. The molecule has 7 nitrogen and oxygen atoms in total. The predicted molar refractivity (Wildman–Crippen MR) is 113 cm³/mol. The summed E-state index contributed by atoms with van der Waals surface area (Å²) in [6.45, 7) is 0. The number of carbonyl (C=O) groups is 2. The van der Waals surface area contributed by atoms with Crippen molar-refractivity contribution in [3.8, 4) is 5.82 Å². The van der Waals surface area contributed by atoms with E-state index in [1.807, 2.05) is 41.0 Å². The first-order valence-electron chi connectivity index (χ1n) is 8.94. The molecule has 1 aliphatic rings. The lowest BCUT2D eigenvalue weighted by Gasteiger charge is -2.17. The maximum Gasteiger partial charge on any atom is 0.255 e. The lowest BCUT2D eigenvalue weighted by atomic mass is 10.1. The second kappa shape index (κ2) is 7.06. The number of pyridine rings is 1. The number of anilines is 2. The van der Waals surface area contributed by atoms with Crippen molar-refractivity contribution in [3.05, 3.63) is 72.7 Å². The molecule has 2 amide bonds. The van der Waals surface area contributed by atoms with Gasteiger partial charge in [-0.3, -0.25) is 14.2 Å². The van der Waals surface area contributed by atoms with Crippen molar-refractivity contribution in [2.75, 3.05) is 16.4 Å². The van der Waals surface area contributed by atoms with Gasteiger partial charge in [0.05, 0.1) is 34.4 Å². The van der Waals surface area contributed by atoms with Gasteiger partial charge in [-0.05, 0) is 42.5 Å². The summed E-state index contributed by atoms with van der Waals surface area (Å²) in [5.41, 5.74) is 3.57. The molecule has 5 rings (SSSR count). The molecule has 0 saturated carbocycles. The SMILES string of the molecule is O=C1CSc2ccc(C(=O)Nc3ccc(-n4cnc5ccccc54)nc3)cc2N1.